The molecule has 19 heavy (non-hydrogen) atoms. The third kappa shape index (κ3) is 2.73. The third-order valence-electron chi connectivity index (χ3n) is 2.82. The van der Waals surface area contributed by atoms with E-state index in [1.54, 1.807) is 11.0 Å². The van der Waals surface area contributed by atoms with Crippen LogP contribution in [0.15, 0.2) is 47.8 Å². The number of hydrogen-bond acceptors (Lipinski definition) is 3. The van der Waals surface area contributed by atoms with Crippen molar-refractivity contribution < 1.29 is 0 Å². The largest absolute Gasteiger partial charge is 0.348 e. The summed E-state index contributed by atoms with van der Waals surface area (Å²) in [5.74, 6) is 0.552. The van der Waals surface area contributed by atoms with Gasteiger partial charge in [-0.15, -0.1) is 6.58 Å². The van der Waals surface area contributed by atoms with Crippen LogP contribution < -0.4 is 10.5 Å². The van der Waals surface area contributed by atoms with Gasteiger partial charge < -0.3 is 4.90 Å². The van der Waals surface area contributed by atoms with Crippen molar-refractivity contribution in [2.24, 2.45) is 0 Å². The molecule has 0 aliphatic rings. The van der Waals surface area contributed by atoms with Crippen molar-refractivity contribution in [1.82, 2.24) is 9.97 Å². The number of nitrogens with one attached hydrogen (secondary N) is 1. The predicted molar refractivity (Wildman–Crippen MR) is 78.5 cm³/mol. The zero-order valence-corrected chi connectivity index (χ0v) is 11.2. The zero-order valence-electron chi connectivity index (χ0n) is 11.2. The van der Waals surface area contributed by atoms with Crippen molar-refractivity contribution in [2.75, 3.05) is 19.0 Å². The van der Waals surface area contributed by atoms with Gasteiger partial charge in [0.15, 0.2) is 0 Å². The summed E-state index contributed by atoms with van der Waals surface area (Å²) in [4.78, 5) is 21.3. The lowest BCUT2D eigenvalue weighted by Gasteiger charge is -2.14. The second-order valence-corrected chi connectivity index (χ2v) is 4.47. The maximum atomic E-state index is 12.2. The standard InChI is InChI=1S/C15H17N3O/c1-4-8-12-13(11-9-6-5-7-10-11)16-15(18(2)3)17-14(12)19/h4-7,9-10H,1,8H2,2-3H3,(H,16,17,19). The molecule has 0 saturated heterocycles. The van der Waals surface area contributed by atoms with Crippen LogP contribution in [0.4, 0.5) is 5.95 Å². The van der Waals surface area contributed by atoms with Crippen LogP contribution in [0.25, 0.3) is 11.3 Å². The van der Waals surface area contributed by atoms with Crippen molar-refractivity contribution in [2.45, 2.75) is 6.42 Å². The number of rotatable bonds is 4. The molecule has 0 amide bonds. The zero-order chi connectivity index (χ0) is 13.8. The molecule has 4 heteroatoms. The second-order valence-electron chi connectivity index (χ2n) is 4.47. The second kappa shape index (κ2) is 5.52. The molecule has 1 N–H and O–H groups in total. The lowest BCUT2D eigenvalue weighted by molar-refractivity contribution is 0.961. The van der Waals surface area contributed by atoms with E-state index in [0.717, 1.165) is 5.56 Å². The van der Waals surface area contributed by atoms with Crippen LogP contribution in [0.3, 0.4) is 0 Å². The van der Waals surface area contributed by atoms with Crippen LogP contribution >= 0.6 is 0 Å². The Bertz CT molecular complexity index is 630. The highest BCUT2D eigenvalue weighted by molar-refractivity contribution is 5.64. The van der Waals surface area contributed by atoms with Crippen molar-refractivity contribution in [1.29, 1.82) is 0 Å². The van der Waals surface area contributed by atoms with Gasteiger partial charge in [0.05, 0.1) is 5.69 Å². The molecule has 0 atom stereocenters. The molecule has 0 fully saturated rings. The topological polar surface area (TPSA) is 49.0 Å². The molecule has 2 aromatic rings. The van der Waals surface area contributed by atoms with Crippen molar-refractivity contribution in [3.05, 3.63) is 58.9 Å². The van der Waals surface area contributed by atoms with Gasteiger partial charge in [-0.3, -0.25) is 9.78 Å². The van der Waals surface area contributed by atoms with Crippen LogP contribution in [-0.2, 0) is 6.42 Å². The Hall–Kier alpha value is -2.36. The number of hydrogen-bond donors (Lipinski definition) is 1. The van der Waals surface area contributed by atoms with Crippen molar-refractivity contribution in [3.8, 4) is 11.3 Å². The highest BCUT2D eigenvalue weighted by atomic mass is 16.1. The van der Waals surface area contributed by atoms with E-state index in [4.69, 9.17) is 0 Å². The van der Waals surface area contributed by atoms with E-state index < -0.39 is 0 Å². The fourth-order valence-corrected chi connectivity index (χ4v) is 1.87. The monoisotopic (exact) mass is 255 g/mol. The molecular weight excluding hydrogens is 238 g/mol. The molecule has 1 heterocycles. The Balaban J connectivity index is 2.68. The number of benzene rings is 1. The highest BCUT2D eigenvalue weighted by Gasteiger charge is 2.12. The summed E-state index contributed by atoms with van der Waals surface area (Å²) in [5, 5.41) is 0. The fourth-order valence-electron chi connectivity index (χ4n) is 1.87. The normalized spacial score (nSPS) is 10.2. The Morgan fingerprint density at radius 2 is 2.00 bits per heavy atom. The summed E-state index contributed by atoms with van der Waals surface area (Å²) in [6, 6.07) is 9.72. The number of H-pyrrole nitrogens is 1. The number of aromatic nitrogens is 2. The van der Waals surface area contributed by atoms with E-state index in [1.165, 1.54) is 0 Å². The summed E-state index contributed by atoms with van der Waals surface area (Å²) in [6.45, 7) is 3.70. The number of nitrogens with zero attached hydrogens (tertiary/aromatic N) is 2. The van der Waals surface area contributed by atoms with Gasteiger partial charge in [0, 0.05) is 25.2 Å². The number of allylic oxidation sites excluding steroid dienone is 1. The van der Waals surface area contributed by atoms with E-state index in [2.05, 4.69) is 16.5 Å². The lowest BCUT2D eigenvalue weighted by atomic mass is 10.0. The first-order chi connectivity index (χ1) is 9.13. The Morgan fingerprint density at radius 1 is 1.32 bits per heavy atom. The van der Waals surface area contributed by atoms with Gasteiger partial charge in [0.2, 0.25) is 5.95 Å². The van der Waals surface area contributed by atoms with Crippen LogP contribution in [0.2, 0.25) is 0 Å². The van der Waals surface area contributed by atoms with Gasteiger partial charge in [-0.1, -0.05) is 36.4 Å². The minimum Gasteiger partial charge on any atom is -0.348 e. The molecule has 0 bridgehead atoms. The molecule has 0 aliphatic heterocycles. The molecule has 98 valence electrons. The minimum absolute atomic E-state index is 0.113. The lowest BCUT2D eigenvalue weighted by Crippen LogP contribution is -2.22. The first-order valence-corrected chi connectivity index (χ1v) is 6.10. The van der Waals surface area contributed by atoms with Gasteiger partial charge in [-0.05, 0) is 6.42 Å². The van der Waals surface area contributed by atoms with Crippen molar-refractivity contribution in [3.63, 3.8) is 0 Å². The summed E-state index contributed by atoms with van der Waals surface area (Å²) >= 11 is 0. The number of anilines is 1. The molecule has 0 radical (unpaired) electrons. The summed E-state index contributed by atoms with van der Waals surface area (Å²) < 4.78 is 0. The first kappa shape index (κ1) is 13.1. The number of aromatic amines is 1. The van der Waals surface area contributed by atoms with E-state index in [-0.39, 0.29) is 5.56 Å². The van der Waals surface area contributed by atoms with E-state index in [9.17, 15) is 4.79 Å². The van der Waals surface area contributed by atoms with E-state index >= 15 is 0 Å². The Labute approximate surface area is 112 Å². The molecule has 0 saturated carbocycles. The highest BCUT2D eigenvalue weighted by Crippen LogP contribution is 2.21. The molecule has 1 aromatic carbocycles. The van der Waals surface area contributed by atoms with Crippen LogP contribution in [-0.4, -0.2) is 24.1 Å². The van der Waals surface area contributed by atoms with Gasteiger partial charge in [0.1, 0.15) is 0 Å². The molecule has 0 aliphatic carbocycles. The maximum Gasteiger partial charge on any atom is 0.256 e. The fraction of sp³-hybridized carbons (Fsp3) is 0.200. The molecule has 0 spiro atoms. The van der Waals surface area contributed by atoms with E-state index in [1.807, 2.05) is 44.4 Å². The molecule has 2 rings (SSSR count). The minimum atomic E-state index is -0.113. The first-order valence-electron chi connectivity index (χ1n) is 6.10. The molecule has 4 nitrogen and oxygen atoms in total. The average Bonchev–Trinajstić information content (AvgIpc) is 2.41. The van der Waals surface area contributed by atoms with Crippen LogP contribution in [0, 0.1) is 0 Å². The summed E-state index contributed by atoms with van der Waals surface area (Å²) in [5.41, 5.74) is 2.19. The van der Waals surface area contributed by atoms with Crippen LogP contribution in [0.5, 0.6) is 0 Å². The predicted octanol–water partition coefficient (Wildman–Crippen LogP) is 2.23. The average molecular weight is 255 g/mol. The molecular formula is C15H17N3O. The van der Waals surface area contributed by atoms with E-state index in [0.29, 0.717) is 23.6 Å². The van der Waals surface area contributed by atoms with Gasteiger partial charge in [-0.2, -0.15) is 0 Å². The van der Waals surface area contributed by atoms with Gasteiger partial charge >= 0.3 is 0 Å². The van der Waals surface area contributed by atoms with Crippen LogP contribution in [0.1, 0.15) is 5.56 Å². The van der Waals surface area contributed by atoms with Gasteiger partial charge in [-0.25, -0.2) is 4.98 Å². The third-order valence-corrected chi connectivity index (χ3v) is 2.82. The van der Waals surface area contributed by atoms with Crippen molar-refractivity contribution >= 4 is 5.95 Å². The van der Waals surface area contributed by atoms with Gasteiger partial charge in [0.25, 0.3) is 5.56 Å². The molecule has 1 aromatic heterocycles. The maximum absolute atomic E-state index is 12.2. The quantitative estimate of drug-likeness (QED) is 0.852. The summed E-state index contributed by atoms with van der Waals surface area (Å²) in [6.07, 6.45) is 2.22. The molecule has 0 unspecified atom stereocenters. The Morgan fingerprint density at radius 3 is 2.58 bits per heavy atom. The summed E-state index contributed by atoms with van der Waals surface area (Å²) in [7, 11) is 3.69. The SMILES string of the molecule is C=CCc1c(-c2ccccc2)nc(N(C)C)[nH]c1=O. The Kier molecular flexibility index (Phi) is 3.80. The smallest absolute Gasteiger partial charge is 0.256 e.